The average molecular weight is 491 g/mol. The maximum Gasteiger partial charge on any atom is 0.170 e. The fraction of sp³-hybridized carbons (Fsp3) is 0.125. The molecule has 3 aromatic heterocycles. The lowest BCUT2D eigenvalue weighted by molar-refractivity contribution is 0.267. The Morgan fingerprint density at radius 2 is 1.71 bits per heavy atom. The molecule has 0 saturated carbocycles. The van der Waals surface area contributed by atoms with Crippen molar-refractivity contribution in [1.29, 1.82) is 0 Å². The SMILES string of the molecule is S=C1N[C@H](c2ccccn2)[C@H](c2ccc(-c3ccc(Br)cc3)o2)N1Cc1ccccn1. The summed E-state index contributed by atoms with van der Waals surface area (Å²) in [6, 6.07) is 23.7. The normalized spacial score (nSPS) is 18.2. The standard InChI is InChI=1S/C24H19BrN4OS/c25-17-9-7-16(8-10-17)20-11-12-21(30-20)23-22(19-6-2-4-14-27-19)28-24(31)29(23)15-18-5-1-3-13-26-18/h1-14,22-23H,15H2,(H,28,31)/t22-,23+/m1/s1. The van der Waals surface area contributed by atoms with E-state index in [1.807, 2.05) is 72.8 Å². The monoisotopic (exact) mass is 490 g/mol. The molecular weight excluding hydrogens is 472 g/mol. The van der Waals surface area contributed by atoms with Crippen molar-refractivity contribution in [1.82, 2.24) is 20.2 Å². The number of nitrogens with one attached hydrogen (secondary N) is 1. The minimum absolute atomic E-state index is 0.124. The number of furan rings is 1. The van der Waals surface area contributed by atoms with Gasteiger partial charge in [0.05, 0.1) is 24.0 Å². The lowest BCUT2D eigenvalue weighted by Gasteiger charge is -2.25. The number of nitrogens with zero attached hydrogens (tertiary/aromatic N) is 3. The van der Waals surface area contributed by atoms with E-state index in [9.17, 15) is 0 Å². The molecule has 7 heteroatoms. The second kappa shape index (κ2) is 8.61. The van der Waals surface area contributed by atoms with Gasteiger partial charge in [-0.15, -0.1) is 0 Å². The molecule has 1 saturated heterocycles. The number of benzene rings is 1. The van der Waals surface area contributed by atoms with Crippen LogP contribution >= 0.6 is 28.1 Å². The smallest absolute Gasteiger partial charge is 0.170 e. The lowest BCUT2D eigenvalue weighted by Crippen LogP contribution is -2.29. The van der Waals surface area contributed by atoms with Crippen LogP contribution in [0, 0.1) is 0 Å². The highest BCUT2D eigenvalue weighted by molar-refractivity contribution is 9.10. The fourth-order valence-corrected chi connectivity index (χ4v) is 4.40. The van der Waals surface area contributed by atoms with Crippen molar-refractivity contribution in [3.63, 3.8) is 0 Å². The topological polar surface area (TPSA) is 54.2 Å². The zero-order chi connectivity index (χ0) is 21.2. The van der Waals surface area contributed by atoms with Gasteiger partial charge in [-0.25, -0.2) is 0 Å². The predicted octanol–water partition coefficient (Wildman–Crippen LogP) is 5.67. The Bertz CT molecular complexity index is 1180. The van der Waals surface area contributed by atoms with Crippen LogP contribution < -0.4 is 5.32 Å². The number of thiocarbonyl (C=S) groups is 1. The molecule has 1 aliphatic rings. The van der Waals surface area contributed by atoms with Crippen LogP contribution in [0.2, 0.25) is 0 Å². The van der Waals surface area contributed by atoms with Crippen molar-refractivity contribution in [2.75, 3.05) is 0 Å². The molecule has 4 aromatic rings. The second-order valence-electron chi connectivity index (χ2n) is 7.28. The Morgan fingerprint density at radius 3 is 2.42 bits per heavy atom. The summed E-state index contributed by atoms with van der Waals surface area (Å²) in [7, 11) is 0. The summed E-state index contributed by atoms with van der Waals surface area (Å²) in [6.07, 6.45) is 3.60. The van der Waals surface area contributed by atoms with Crippen molar-refractivity contribution < 1.29 is 4.42 Å². The predicted molar refractivity (Wildman–Crippen MR) is 127 cm³/mol. The molecular formula is C24H19BrN4OS. The van der Waals surface area contributed by atoms with E-state index >= 15 is 0 Å². The van der Waals surface area contributed by atoms with Crippen molar-refractivity contribution >= 4 is 33.3 Å². The Kier molecular flexibility index (Phi) is 5.53. The Morgan fingerprint density at radius 1 is 0.935 bits per heavy atom. The van der Waals surface area contributed by atoms with E-state index < -0.39 is 0 Å². The number of halogens is 1. The summed E-state index contributed by atoms with van der Waals surface area (Å²) in [5.74, 6) is 1.65. The van der Waals surface area contributed by atoms with Gasteiger partial charge in [-0.1, -0.05) is 40.2 Å². The Labute approximate surface area is 194 Å². The van der Waals surface area contributed by atoms with Gasteiger partial charge in [0.25, 0.3) is 0 Å². The minimum atomic E-state index is -0.145. The zero-order valence-electron chi connectivity index (χ0n) is 16.5. The van der Waals surface area contributed by atoms with Gasteiger partial charge in [-0.3, -0.25) is 9.97 Å². The van der Waals surface area contributed by atoms with Crippen molar-refractivity contribution in [2.24, 2.45) is 0 Å². The van der Waals surface area contributed by atoms with Crippen molar-refractivity contribution in [2.45, 2.75) is 18.6 Å². The van der Waals surface area contributed by atoms with Crippen LogP contribution in [0.1, 0.15) is 29.2 Å². The number of rotatable bonds is 5. The first kappa shape index (κ1) is 19.9. The summed E-state index contributed by atoms with van der Waals surface area (Å²) >= 11 is 9.20. The van der Waals surface area contributed by atoms with Gasteiger partial charge in [0.1, 0.15) is 17.6 Å². The minimum Gasteiger partial charge on any atom is -0.459 e. The molecule has 1 aromatic carbocycles. The molecule has 0 radical (unpaired) electrons. The van der Waals surface area contributed by atoms with E-state index in [1.165, 1.54) is 0 Å². The maximum absolute atomic E-state index is 6.36. The molecule has 1 fully saturated rings. The third kappa shape index (κ3) is 4.11. The Balaban J connectivity index is 1.53. The molecule has 154 valence electrons. The highest BCUT2D eigenvalue weighted by Gasteiger charge is 2.41. The van der Waals surface area contributed by atoms with E-state index in [-0.39, 0.29) is 12.1 Å². The molecule has 1 aliphatic heterocycles. The largest absolute Gasteiger partial charge is 0.459 e. The number of aromatic nitrogens is 2. The average Bonchev–Trinajstić information content (AvgIpc) is 3.41. The number of pyridine rings is 2. The fourth-order valence-electron chi connectivity index (χ4n) is 3.83. The first-order valence-corrected chi connectivity index (χ1v) is 11.1. The summed E-state index contributed by atoms with van der Waals surface area (Å²) in [5.41, 5.74) is 2.88. The molecule has 0 aliphatic carbocycles. The van der Waals surface area contributed by atoms with Crippen LogP contribution in [0.4, 0.5) is 0 Å². The molecule has 0 spiro atoms. The summed E-state index contributed by atoms with van der Waals surface area (Å²) in [4.78, 5) is 11.2. The van der Waals surface area contributed by atoms with Gasteiger partial charge in [-0.05, 0) is 60.7 Å². The number of hydrogen-bond acceptors (Lipinski definition) is 4. The lowest BCUT2D eigenvalue weighted by atomic mass is 10.0. The van der Waals surface area contributed by atoms with E-state index in [1.54, 1.807) is 12.4 Å². The first-order chi connectivity index (χ1) is 15.2. The molecule has 0 amide bonds. The summed E-state index contributed by atoms with van der Waals surface area (Å²) in [6.45, 7) is 0.578. The molecule has 0 bridgehead atoms. The van der Waals surface area contributed by atoms with E-state index in [2.05, 4.69) is 36.1 Å². The first-order valence-electron chi connectivity index (χ1n) is 9.93. The molecule has 0 unspecified atom stereocenters. The van der Waals surface area contributed by atoms with Gasteiger partial charge >= 0.3 is 0 Å². The van der Waals surface area contributed by atoms with Gasteiger partial charge in [0, 0.05) is 22.4 Å². The molecule has 5 rings (SSSR count). The molecule has 2 atom stereocenters. The molecule has 5 nitrogen and oxygen atoms in total. The van der Waals surface area contributed by atoms with Crippen LogP contribution in [0.25, 0.3) is 11.3 Å². The van der Waals surface area contributed by atoms with Crippen LogP contribution in [0.3, 0.4) is 0 Å². The van der Waals surface area contributed by atoms with Gasteiger partial charge < -0.3 is 14.6 Å². The third-order valence-corrected chi connectivity index (χ3v) is 6.18. The highest BCUT2D eigenvalue weighted by atomic mass is 79.9. The van der Waals surface area contributed by atoms with Gasteiger partial charge in [0.2, 0.25) is 0 Å². The molecule has 31 heavy (non-hydrogen) atoms. The van der Waals surface area contributed by atoms with E-state index in [4.69, 9.17) is 16.6 Å². The van der Waals surface area contributed by atoms with E-state index in [0.717, 1.165) is 32.9 Å². The third-order valence-electron chi connectivity index (χ3n) is 5.30. The van der Waals surface area contributed by atoms with E-state index in [0.29, 0.717) is 11.7 Å². The summed E-state index contributed by atoms with van der Waals surface area (Å²) in [5, 5.41) is 4.11. The van der Waals surface area contributed by atoms with Crippen LogP contribution in [-0.4, -0.2) is 20.0 Å². The highest BCUT2D eigenvalue weighted by Crippen LogP contribution is 2.41. The quantitative estimate of drug-likeness (QED) is 0.363. The van der Waals surface area contributed by atoms with Crippen molar-refractivity contribution in [3.05, 3.63) is 107 Å². The zero-order valence-corrected chi connectivity index (χ0v) is 18.9. The maximum atomic E-state index is 6.36. The van der Waals surface area contributed by atoms with Crippen LogP contribution in [0.5, 0.6) is 0 Å². The van der Waals surface area contributed by atoms with Gasteiger partial charge in [-0.2, -0.15) is 0 Å². The molecule has 4 heterocycles. The van der Waals surface area contributed by atoms with Crippen molar-refractivity contribution in [3.8, 4) is 11.3 Å². The second-order valence-corrected chi connectivity index (χ2v) is 8.59. The number of hydrogen-bond donors (Lipinski definition) is 1. The molecule has 1 N–H and O–H groups in total. The van der Waals surface area contributed by atoms with Crippen LogP contribution in [-0.2, 0) is 6.54 Å². The van der Waals surface area contributed by atoms with Gasteiger partial charge in [0.15, 0.2) is 5.11 Å². The van der Waals surface area contributed by atoms with Crippen LogP contribution in [0.15, 0.2) is 94.1 Å². The Hall–Kier alpha value is -3.03. The summed E-state index contributed by atoms with van der Waals surface area (Å²) < 4.78 is 7.39.